The van der Waals surface area contributed by atoms with E-state index in [1.165, 1.54) is 5.70 Å². The van der Waals surface area contributed by atoms with Gasteiger partial charge in [0, 0.05) is 31.1 Å². The van der Waals surface area contributed by atoms with Crippen molar-refractivity contribution in [3.8, 4) is 0 Å². The lowest BCUT2D eigenvalue weighted by atomic mass is 9.94. The first kappa shape index (κ1) is 14.9. The van der Waals surface area contributed by atoms with Gasteiger partial charge in [0.25, 0.3) is 0 Å². The molecule has 2 bridgehead atoms. The fraction of sp³-hybridized carbons (Fsp3) is 0.300. The van der Waals surface area contributed by atoms with Crippen LogP contribution in [0.5, 0.6) is 0 Å². The average molecular weight is 320 g/mol. The van der Waals surface area contributed by atoms with Crippen LogP contribution in [0.3, 0.4) is 0 Å². The summed E-state index contributed by atoms with van der Waals surface area (Å²) >= 11 is 0. The van der Waals surface area contributed by atoms with E-state index in [1.807, 2.05) is 42.5 Å². The molecule has 4 heteroatoms. The summed E-state index contributed by atoms with van der Waals surface area (Å²) in [6.07, 6.45) is 8.55. The number of fused-ring (bicyclic) bond motifs is 2. The van der Waals surface area contributed by atoms with Gasteiger partial charge in [-0.05, 0) is 48.7 Å². The van der Waals surface area contributed by atoms with Crippen LogP contribution in [0.4, 0.5) is 0 Å². The second kappa shape index (κ2) is 6.11. The Morgan fingerprint density at radius 1 is 1.17 bits per heavy atom. The number of rotatable bonds is 3. The number of aromatic nitrogens is 1. The molecule has 2 aliphatic rings. The standard InChI is InChI=1S/C20H20N2O2/c23-19(17-5-2-1-3-6-17)24-20-9-4-12-22(15-20)18(14-20)13-16-7-10-21-11-8-16/h1-3,5-8,10-11,13H,4,9,12,14-15H2/b18-13+. The van der Waals surface area contributed by atoms with Gasteiger partial charge >= 0.3 is 5.97 Å². The molecule has 4 rings (SSSR count). The molecule has 2 fully saturated rings. The summed E-state index contributed by atoms with van der Waals surface area (Å²) in [4.78, 5) is 18.9. The smallest absolute Gasteiger partial charge is 0.338 e. The topological polar surface area (TPSA) is 42.4 Å². The second-order valence-corrected chi connectivity index (χ2v) is 6.56. The molecule has 2 aliphatic heterocycles. The van der Waals surface area contributed by atoms with Crippen molar-refractivity contribution in [2.45, 2.75) is 24.9 Å². The Morgan fingerprint density at radius 2 is 1.96 bits per heavy atom. The van der Waals surface area contributed by atoms with E-state index < -0.39 is 0 Å². The van der Waals surface area contributed by atoms with Crippen LogP contribution >= 0.6 is 0 Å². The van der Waals surface area contributed by atoms with E-state index in [2.05, 4.69) is 16.0 Å². The fourth-order valence-electron chi connectivity index (χ4n) is 3.67. The Kier molecular flexibility index (Phi) is 3.81. The van der Waals surface area contributed by atoms with Gasteiger partial charge in [-0.1, -0.05) is 18.2 Å². The van der Waals surface area contributed by atoms with Gasteiger partial charge in [0.05, 0.1) is 12.1 Å². The van der Waals surface area contributed by atoms with E-state index in [-0.39, 0.29) is 11.6 Å². The molecule has 1 aromatic carbocycles. The average Bonchev–Trinajstić information content (AvgIpc) is 2.86. The van der Waals surface area contributed by atoms with E-state index in [1.54, 1.807) is 12.4 Å². The fourth-order valence-corrected chi connectivity index (χ4v) is 3.67. The van der Waals surface area contributed by atoms with Crippen molar-refractivity contribution < 1.29 is 9.53 Å². The van der Waals surface area contributed by atoms with E-state index in [0.717, 1.165) is 37.9 Å². The van der Waals surface area contributed by atoms with Gasteiger partial charge in [-0.3, -0.25) is 4.98 Å². The second-order valence-electron chi connectivity index (χ2n) is 6.56. The number of piperidine rings is 1. The first-order valence-electron chi connectivity index (χ1n) is 8.38. The van der Waals surface area contributed by atoms with Crippen molar-refractivity contribution in [3.05, 3.63) is 71.7 Å². The summed E-state index contributed by atoms with van der Waals surface area (Å²) in [6.45, 7) is 1.82. The van der Waals surface area contributed by atoms with E-state index in [4.69, 9.17) is 4.74 Å². The van der Waals surface area contributed by atoms with Crippen molar-refractivity contribution in [3.63, 3.8) is 0 Å². The third-order valence-electron chi connectivity index (χ3n) is 4.81. The third-order valence-corrected chi connectivity index (χ3v) is 4.81. The molecule has 0 N–H and O–H groups in total. The molecule has 0 amide bonds. The van der Waals surface area contributed by atoms with Gasteiger partial charge in [-0.25, -0.2) is 4.79 Å². The predicted octanol–water partition coefficient (Wildman–Crippen LogP) is 3.52. The third kappa shape index (κ3) is 2.92. The lowest BCUT2D eigenvalue weighted by Crippen LogP contribution is -2.42. The highest BCUT2D eigenvalue weighted by Gasteiger charge is 2.46. The van der Waals surface area contributed by atoms with Crippen LogP contribution in [-0.2, 0) is 4.74 Å². The van der Waals surface area contributed by atoms with E-state index in [9.17, 15) is 4.79 Å². The summed E-state index contributed by atoms with van der Waals surface area (Å²) < 4.78 is 5.99. The quantitative estimate of drug-likeness (QED) is 0.812. The summed E-state index contributed by atoms with van der Waals surface area (Å²) in [6, 6.07) is 13.3. The first-order valence-corrected chi connectivity index (χ1v) is 8.38. The highest BCUT2D eigenvalue weighted by atomic mass is 16.6. The maximum absolute atomic E-state index is 12.5. The lowest BCUT2D eigenvalue weighted by molar-refractivity contribution is -0.0270. The van der Waals surface area contributed by atoms with Crippen molar-refractivity contribution in [2.75, 3.05) is 13.1 Å². The number of benzene rings is 1. The van der Waals surface area contributed by atoms with Crippen LogP contribution in [0.1, 0.15) is 35.2 Å². The van der Waals surface area contributed by atoms with Crippen LogP contribution in [0.2, 0.25) is 0 Å². The summed E-state index contributed by atoms with van der Waals surface area (Å²) in [5.41, 5.74) is 2.62. The number of hydrogen-bond donors (Lipinski definition) is 0. The number of ether oxygens (including phenoxy) is 1. The molecule has 3 heterocycles. The van der Waals surface area contributed by atoms with Crippen LogP contribution in [0, 0.1) is 0 Å². The molecule has 1 aromatic heterocycles. The van der Waals surface area contributed by atoms with Gasteiger partial charge in [0.1, 0.15) is 5.60 Å². The van der Waals surface area contributed by atoms with Gasteiger partial charge in [0.15, 0.2) is 0 Å². The maximum atomic E-state index is 12.5. The summed E-state index contributed by atoms with van der Waals surface area (Å²) in [5.74, 6) is -0.220. The molecule has 0 radical (unpaired) electrons. The van der Waals surface area contributed by atoms with Gasteiger partial charge in [-0.15, -0.1) is 0 Å². The highest BCUT2D eigenvalue weighted by Crippen LogP contribution is 2.41. The molecule has 4 nitrogen and oxygen atoms in total. The minimum Gasteiger partial charge on any atom is -0.453 e. The lowest BCUT2D eigenvalue weighted by Gasteiger charge is -2.33. The summed E-state index contributed by atoms with van der Waals surface area (Å²) in [7, 11) is 0. The Hall–Kier alpha value is -2.62. The molecule has 0 aliphatic carbocycles. The van der Waals surface area contributed by atoms with Crippen molar-refractivity contribution in [1.82, 2.24) is 9.88 Å². The monoisotopic (exact) mass is 320 g/mol. The number of nitrogens with zero attached hydrogens (tertiary/aromatic N) is 2. The SMILES string of the molecule is O=C(OC12CCCN(C1)/C(=C/c1ccncc1)C2)c1ccccc1. The molecule has 2 aromatic rings. The number of carbonyl (C=O) groups excluding carboxylic acids is 1. The normalized spacial score (nSPS) is 24.2. The molecule has 122 valence electrons. The van der Waals surface area contributed by atoms with Crippen LogP contribution in [0.15, 0.2) is 60.6 Å². The number of pyridine rings is 1. The highest BCUT2D eigenvalue weighted by molar-refractivity contribution is 5.89. The first-order chi connectivity index (χ1) is 11.7. The number of carbonyl (C=O) groups is 1. The zero-order valence-electron chi connectivity index (χ0n) is 13.5. The van der Waals surface area contributed by atoms with Crippen LogP contribution in [-0.4, -0.2) is 34.5 Å². The van der Waals surface area contributed by atoms with Gasteiger partial charge < -0.3 is 9.64 Å². The Morgan fingerprint density at radius 3 is 2.75 bits per heavy atom. The zero-order valence-corrected chi connectivity index (χ0v) is 13.5. The van der Waals surface area contributed by atoms with Gasteiger partial charge in [-0.2, -0.15) is 0 Å². The predicted molar refractivity (Wildman–Crippen MR) is 92.2 cm³/mol. The Bertz CT molecular complexity index is 758. The van der Waals surface area contributed by atoms with Gasteiger partial charge in [0.2, 0.25) is 0 Å². The molecule has 0 spiro atoms. The van der Waals surface area contributed by atoms with Crippen molar-refractivity contribution in [2.24, 2.45) is 0 Å². The molecule has 24 heavy (non-hydrogen) atoms. The molecule has 1 unspecified atom stereocenters. The Balaban J connectivity index is 1.55. The van der Waals surface area contributed by atoms with Crippen LogP contribution < -0.4 is 0 Å². The minimum absolute atomic E-state index is 0.220. The number of hydrogen-bond acceptors (Lipinski definition) is 4. The largest absolute Gasteiger partial charge is 0.453 e. The van der Waals surface area contributed by atoms with E-state index in [0.29, 0.717) is 5.56 Å². The zero-order chi connectivity index (χ0) is 16.4. The Labute approximate surface area is 141 Å². The maximum Gasteiger partial charge on any atom is 0.338 e. The van der Waals surface area contributed by atoms with Crippen molar-refractivity contribution in [1.29, 1.82) is 0 Å². The minimum atomic E-state index is -0.385. The van der Waals surface area contributed by atoms with Crippen LogP contribution in [0.25, 0.3) is 6.08 Å². The number of esters is 1. The molecular weight excluding hydrogens is 300 g/mol. The van der Waals surface area contributed by atoms with Crippen molar-refractivity contribution >= 4 is 12.0 Å². The molecular formula is C20H20N2O2. The molecule has 0 saturated carbocycles. The molecule has 2 saturated heterocycles. The molecule has 1 atom stereocenters. The summed E-state index contributed by atoms with van der Waals surface area (Å²) in [5, 5.41) is 0. The van der Waals surface area contributed by atoms with E-state index >= 15 is 0 Å².